The number of ketones is 1. The fourth-order valence-electron chi connectivity index (χ4n) is 1.12. The second-order valence-corrected chi connectivity index (χ2v) is 4.23. The maximum absolute atomic E-state index is 11.7. The first-order chi connectivity index (χ1) is 7.52. The van der Waals surface area contributed by atoms with Crippen molar-refractivity contribution >= 4 is 28.3 Å². The molecule has 6 heteroatoms. The van der Waals surface area contributed by atoms with Gasteiger partial charge in [0.15, 0.2) is 5.78 Å². The molecule has 1 N–H and O–H groups in total. The van der Waals surface area contributed by atoms with Crippen molar-refractivity contribution in [1.82, 2.24) is 0 Å². The van der Waals surface area contributed by atoms with E-state index in [1.807, 2.05) is 0 Å². The molecule has 0 heterocycles. The van der Waals surface area contributed by atoms with Gasteiger partial charge in [-0.15, -0.1) is 11.8 Å². The van der Waals surface area contributed by atoms with Gasteiger partial charge in [-0.2, -0.15) is 0 Å². The van der Waals surface area contributed by atoms with Gasteiger partial charge < -0.3 is 0 Å². The highest BCUT2D eigenvalue weighted by molar-refractivity contribution is 8.14. The van der Waals surface area contributed by atoms with Crippen LogP contribution in [0.15, 0.2) is 24.3 Å². The highest BCUT2D eigenvalue weighted by Crippen LogP contribution is 2.19. The van der Waals surface area contributed by atoms with E-state index in [0.717, 1.165) is 11.8 Å². The van der Waals surface area contributed by atoms with E-state index in [4.69, 9.17) is 5.41 Å². The Morgan fingerprint density at radius 2 is 2.12 bits per heavy atom. The molecule has 0 aromatic heterocycles. The SMILES string of the molecule is CC(=N)SCC(=O)c1ccccc1[N+](=O)[O-]. The molecular weight excluding hydrogens is 228 g/mol. The largest absolute Gasteiger partial charge is 0.299 e. The van der Waals surface area contributed by atoms with Gasteiger partial charge in [0, 0.05) is 6.07 Å². The number of benzene rings is 1. The third kappa shape index (κ3) is 3.16. The second-order valence-electron chi connectivity index (χ2n) is 3.04. The fraction of sp³-hybridized carbons (Fsp3) is 0.200. The smallest absolute Gasteiger partial charge is 0.280 e. The van der Waals surface area contributed by atoms with Gasteiger partial charge in [-0.3, -0.25) is 20.3 Å². The van der Waals surface area contributed by atoms with Crippen molar-refractivity contribution in [3.63, 3.8) is 0 Å². The van der Waals surface area contributed by atoms with Crippen LogP contribution in [-0.2, 0) is 0 Å². The Morgan fingerprint density at radius 3 is 2.69 bits per heavy atom. The van der Waals surface area contributed by atoms with E-state index < -0.39 is 4.92 Å². The molecule has 0 unspecified atom stereocenters. The molecule has 1 aromatic rings. The first-order valence-electron chi connectivity index (χ1n) is 4.47. The van der Waals surface area contributed by atoms with Crippen molar-refractivity contribution in [3.05, 3.63) is 39.9 Å². The number of carbonyl (C=O) groups is 1. The van der Waals surface area contributed by atoms with Crippen LogP contribution >= 0.6 is 11.8 Å². The summed E-state index contributed by atoms with van der Waals surface area (Å²) < 4.78 is 0. The number of hydrogen-bond acceptors (Lipinski definition) is 5. The van der Waals surface area contributed by atoms with Crippen molar-refractivity contribution in [2.24, 2.45) is 0 Å². The first kappa shape index (κ1) is 12.4. The predicted octanol–water partition coefficient (Wildman–Crippen LogP) is 2.51. The molecule has 0 amide bonds. The number of para-hydroxylation sites is 1. The monoisotopic (exact) mass is 238 g/mol. The highest BCUT2D eigenvalue weighted by Gasteiger charge is 2.18. The van der Waals surface area contributed by atoms with Crippen LogP contribution < -0.4 is 0 Å². The summed E-state index contributed by atoms with van der Waals surface area (Å²) in [7, 11) is 0. The minimum Gasteiger partial charge on any atom is -0.299 e. The number of carbonyl (C=O) groups excluding carboxylic acids is 1. The minimum absolute atomic E-state index is 0.0557. The van der Waals surface area contributed by atoms with Crippen LogP contribution in [-0.4, -0.2) is 21.5 Å². The third-order valence-corrected chi connectivity index (χ3v) is 2.66. The van der Waals surface area contributed by atoms with Gasteiger partial charge in [0.25, 0.3) is 5.69 Å². The maximum Gasteiger partial charge on any atom is 0.280 e. The van der Waals surface area contributed by atoms with E-state index in [2.05, 4.69) is 0 Å². The van der Waals surface area contributed by atoms with Gasteiger partial charge in [-0.1, -0.05) is 12.1 Å². The normalized spacial score (nSPS) is 9.81. The maximum atomic E-state index is 11.7. The standard InChI is InChI=1S/C10H10N2O3S/c1-7(11)16-6-10(13)8-4-2-3-5-9(8)12(14)15/h2-5,11H,6H2,1H3. The number of nitro benzene ring substituents is 1. The summed E-state index contributed by atoms with van der Waals surface area (Å²) >= 11 is 1.07. The number of nitro groups is 1. The Balaban J connectivity index is 2.90. The zero-order valence-electron chi connectivity index (χ0n) is 8.60. The van der Waals surface area contributed by atoms with Crippen LogP contribution in [0, 0.1) is 15.5 Å². The summed E-state index contributed by atoms with van der Waals surface area (Å²) in [6.45, 7) is 1.57. The van der Waals surface area contributed by atoms with Crippen molar-refractivity contribution in [2.45, 2.75) is 6.92 Å². The number of rotatable bonds is 4. The van der Waals surface area contributed by atoms with E-state index in [1.165, 1.54) is 18.2 Å². The van der Waals surface area contributed by atoms with Gasteiger partial charge >= 0.3 is 0 Å². The van der Waals surface area contributed by atoms with Gasteiger partial charge in [-0.05, 0) is 13.0 Å². The molecule has 0 bridgehead atoms. The molecule has 0 saturated heterocycles. The lowest BCUT2D eigenvalue weighted by atomic mass is 10.1. The van der Waals surface area contributed by atoms with E-state index in [-0.39, 0.29) is 22.8 Å². The van der Waals surface area contributed by atoms with Crippen LogP contribution in [0.2, 0.25) is 0 Å². The Labute approximate surface area is 96.5 Å². The molecular formula is C10H10N2O3S. The molecule has 0 aliphatic carbocycles. The van der Waals surface area contributed by atoms with E-state index in [1.54, 1.807) is 13.0 Å². The number of nitrogens with zero attached hydrogens (tertiary/aromatic N) is 1. The van der Waals surface area contributed by atoms with Crippen LogP contribution in [0.1, 0.15) is 17.3 Å². The molecule has 1 rings (SSSR count). The molecule has 0 aliphatic rings. The quantitative estimate of drug-likeness (QED) is 0.287. The lowest BCUT2D eigenvalue weighted by Gasteiger charge is -2.01. The number of Topliss-reactive ketones (excluding diaryl/α,β-unsaturated/α-hetero) is 1. The van der Waals surface area contributed by atoms with Crippen molar-refractivity contribution < 1.29 is 9.72 Å². The molecule has 0 fully saturated rings. The lowest BCUT2D eigenvalue weighted by molar-refractivity contribution is -0.385. The number of hydrogen-bond donors (Lipinski definition) is 1. The first-order valence-corrected chi connectivity index (χ1v) is 5.45. The van der Waals surface area contributed by atoms with Gasteiger partial charge in [0.1, 0.15) is 0 Å². The average Bonchev–Trinajstić information content (AvgIpc) is 2.25. The second kappa shape index (κ2) is 5.41. The number of nitrogens with one attached hydrogen (secondary N) is 1. The Bertz CT molecular complexity index is 445. The predicted molar refractivity (Wildman–Crippen MR) is 63.3 cm³/mol. The Hall–Kier alpha value is -1.69. The summed E-state index contributed by atoms with van der Waals surface area (Å²) in [4.78, 5) is 21.7. The van der Waals surface area contributed by atoms with Gasteiger partial charge in [0.2, 0.25) is 0 Å². The minimum atomic E-state index is -0.574. The molecule has 84 valence electrons. The zero-order valence-corrected chi connectivity index (χ0v) is 9.41. The molecule has 16 heavy (non-hydrogen) atoms. The molecule has 1 aromatic carbocycles. The summed E-state index contributed by atoms with van der Waals surface area (Å²) in [5, 5.41) is 18.1. The average molecular weight is 238 g/mol. The summed E-state index contributed by atoms with van der Waals surface area (Å²) in [6.07, 6.45) is 0. The van der Waals surface area contributed by atoms with Crippen LogP contribution in [0.3, 0.4) is 0 Å². The summed E-state index contributed by atoms with van der Waals surface area (Å²) in [6, 6.07) is 5.83. The van der Waals surface area contributed by atoms with Gasteiger partial charge in [0.05, 0.1) is 21.3 Å². The Kier molecular flexibility index (Phi) is 4.19. The molecule has 0 aliphatic heterocycles. The highest BCUT2D eigenvalue weighted by atomic mass is 32.2. The topological polar surface area (TPSA) is 84.1 Å². The third-order valence-electron chi connectivity index (χ3n) is 1.82. The molecule has 0 atom stereocenters. The van der Waals surface area contributed by atoms with Crippen molar-refractivity contribution in [2.75, 3.05) is 5.75 Å². The molecule has 0 spiro atoms. The lowest BCUT2D eigenvalue weighted by Crippen LogP contribution is -2.07. The summed E-state index contributed by atoms with van der Waals surface area (Å²) in [5.41, 5.74) is -0.0861. The van der Waals surface area contributed by atoms with Crippen LogP contribution in [0.25, 0.3) is 0 Å². The fourth-order valence-corrected chi connectivity index (χ4v) is 1.62. The van der Waals surface area contributed by atoms with E-state index in [0.29, 0.717) is 5.04 Å². The van der Waals surface area contributed by atoms with Crippen molar-refractivity contribution in [1.29, 1.82) is 5.41 Å². The number of thioether (sulfide) groups is 1. The van der Waals surface area contributed by atoms with Crippen molar-refractivity contribution in [3.8, 4) is 0 Å². The van der Waals surface area contributed by atoms with Crippen LogP contribution in [0.4, 0.5) is 5.69 Å². The van der Waals surface area contributed by atoms with E-state index >= 15 is 0 Å². The summed E-state index contributed by atoms with van der Waals surface area (Å²) in [5.74, 6) is -0.274. The molecule has 0 saturated carbocycles. The zero-order chi connectivity index (χ0) is 12.1. The van der Waals surface area contributed by atoms with Gasteiger partial charge in [-0.25, -0.2) is 0 Å². The van der Waals surface area contributed by atoms with Crippen LogP contribution in [0.5, 0.6) is 0 Å². The molecule has 5 nitrogen and oxygen atoms in total. The van der Waals surface area contributed by atoms with E-state index in [9.17, 15) is 14.9 Å². The molecule has 0 radical (unpaired) electrons. The Morgan fingerprint density at radius 1 is 1.50 bits per heavy atom.